The molecule has 16 heavy (non-hydrogen) atoms. The molecule has 0 fully saturated rings. The molecule has 0 radical (unpaired) electrons. The lowest BCUT2D eigenvalue weighted by atomic mass is 10.1. The molecule has 1 rings (SSSR count). The number of carboxylic acid groups (broad SMARTS) is 1. The lowest BCUT2D eigenvalue weighted by molar-refractivity contribution is 0.0693. The molecule has 0 bridgehead atoms. The van der Waals surface area contributed by atoms with Gasteiger partial charge in [0.25, 0.3) is 0 Å². The summed E-state index contributed by atoms with van der Waals surface area (Å²) in [6, 6.07) is 4.22. The Bertz CT molecular complexity index is 504. The van der Waals surface area contributed by atoms with Crippen LogP contribution in [-0.2, 0) is 15.6 Å². The number of aromatic carboxylic acids is 1. The molecule has 0 amide bonds. The van der Waals surface area contributed by atoms with E-state index >= 15 is 0 Å². The van der Waals surface area contributed by atoms with Gasteiger partial charge in [0.15, 0.2) is 9.84 Å². The molecule has 0 unspecified atom stereocenters. The fourth-order valence-corrected chi connectivity index (χ4v) is 2.09. The minimum atomic E-state index is -3.14. The maximum absolute atomic E-state index is 11.1. The van der Waals surface area contributed by atoms with Gasteiger partial charge in [-0.25, -0.2) is 13.2 Å². The van der Waals surface area contributed by atoms with Gasteiger partial charge in [0.2, 0.25) is 0 Å². The number of hydrogen-bond acceptors (Lipinski definition) is 4. The zero-order valence-corrected chi connectivity index (χ0v) is 9.74. The highest BCUT2D eigenvalue weighted by atomic mass is 32.2. The van der Waals surface area contributed by atoms with Crippen molar-refractivity contribution in [2.24, 2.45) is 0 Å². The molecular weight excluding hydrogens is 232 g/mol. The maximum atomic E-state index is 11.1. The number of methoxy groups -OCH3 is 1. The Hall–Kier alpha value is -1.56. The normalized spacial score (nSPS) is 11.1. The lowest BCUT2D eigenvalue weighted by Gasteiger charge is -2.07. The van der Waals surface area contributed by atoms with Gasteiger partial charge < -0.3 is 9.84 Å². The predicted molar refractivity (Wildman–Crippen MR) is 58.5 cm³/mol. The summed E-state index contributed by atoms with van der Waals surface area (Å²) in [7, 11) is -1.80. The quantitative estimate of drug-likeness (QED) is 0.852. The third-order valence-corrected chi connectivity index (χ3v) is 2.78. The van der Waals surface area contributed by atoms with E-state index in [1.165, 1.54) is 25.3 Å². The van der Waals surface area contributed by atoms with Crippen LogP contribution in [0.2, 0.25) is 0 Å². The Kier molecular flexibility index (Phi) is 3.54. The molecule has 0 aliphatic rings. The van der Waals surface area contributed by atoms with E-state index in [0.29, 0.717) is 5.56 Å². The molecule has 0 saturated carbocycles. The lowest BCUT2D eigenvalue weighted by Crippen LogP contribution is -2.04. The predicted octanol–water partition coefficient (Wildman–Crippen LogP) is 0.938. The van der Waals surface area contributed by atoms with Gasteiger partial charge in [-0.2, -0.15) is 0 Å². The Balaban J connectivity index is 3.14. The highest BCUT2D eigenvalue weighted by Gasteiger charge is 2.13. The Morgan fingerprint density at radius 3 is 2.50 bits per heavy atom. The van der Waals surface area contributed by atoms with E-state index in [0.717, 1.165) is 6.26 Å². The van der Waals surface area contributed by atoms with Crippen molar-refractivity contribution < 1.29 is 23.1 Å². The van der Waals surface area contributed by atoms with E-state index in [9.17, 15) is 13.2 Å². The largest absolute Gasteiger partial charge is 0.496 e. The zero-order chi connectivity index (χ0) is 12.3. The highest BCUT2D eigenvalue weighted by Crippen LogP contribution is 2.21. The van der Waals surface area contributed by atoms with Crippen molar-refractivity contribution in [2.45, 2.75) is 5.75 Å². The molecular formula is C10H12O5S. The van der Waals surface area contributed by atoms with Gasteiger partial charge in [-0.05, 0) is 17.7 Å². The average Bonchev–Trinajstić information content (AvgIpc) is 2.14. The molecule has 0 atom stereocenters. The van der Waals surface area contributed by atoms with Crippen LogP contribution in [0.4, 0.5) is 0 Å². The second-order valence-corrected chi connectivity index (χ2v) is 5.55. The molecule has 1 N–H and O–H groups in total. The van der Waals surface area contributed by atoms with Crippen molar-refractivity contribution in [3.63, 3.8) is 0 Å². The summed E-state index contributed by atoms with van der Waals surface area (Å²) in [5, 5.41) is 8.82. The van der Waals surface area contributed by atoms with Crippen LogP contribution in [-0.4, -0.2) is 32.9 Å². The van der Waals surface area contributed by atoms with Gasteiger partial charge in [-0.1, -0.05) is 6.07 Å². The first-order valence-corrected chi connectivity index (χ1v) is 6.47. The van der Waals surface area contributed by atoms with Crippen LogP contribution >= 0.6 is 0 Å². The molecule has 0 aliphatic carbocycles. The molecule has 0 saturated heterocycles. The van der Waals surface area contributed by atoms with Crippen molar-refractivity contribution in [3.05, 3.63) is 29.3 Å². The monoisotopic (exact) mass is 244 g/mol. The maximum Gasteiger partial charge on any atom is 0.339 e. The Labute approximate surface area is 93.6 Å². The van der Waals surface area contributed by atoms with Crippen LogP contribution in [0.15, 0.2) is 18.2 Å². The van der Waals surface area contributed by atoms with Gasteiger partial charge in [0.05, 0.1) is 12.9 Å². The minimum absolute atomic E-state index is 0.0137. The number of carbonyl (C=O) groups is 1. The molecule has 6 heteroatoms. The molecule has 0 aromatic heterocycles. The first-order chi connectivity index (χ1) is 7.33. The molecule has 1 aromatic rings. The zero-order valence-electron chi connectivity index (χ0n) is 8.93. The van der Waals surface area contributed by atoms with E-state index in [4.69, 9.17) is 9.84 Å². The number of carboxylic acids is 1. The molecule has 0 spiro atoms. The third-order valence-electron chi connectivity index (χ3n) is 1.93. The second-order valence-electron chi connectivity index (χ2n) is 3.41. The molecule has 0 aliphatic heterocycles. The third kappa shape index (κ3) is 3.23. The van der Waals surface area contributed by atoms with Crippen molar-refractivity contribution in [2.75, 3.05) is 13.4 Å². The van der Waals surface area contributed by atoms with Gasteiger partial charge in [-0.15, -0.1) is 0 Å². The fraction of sp³-hybridized carbons (Fsp3) is 0.300. The van der Waals surface area contributed by atoms with Crippen LogP contribution in [0.25, 0.3) is 0 Å². The number of benzene rings is 1. The number of sulfone groups is 1. The number of ether oxygens (including phenoxy) is 1. The summed E-state index contributed by atoms with van der Waals surface area (Å²) in [5.41, 5.74) is 0.518. The van der Waals surface area contributed by atoms with Crippen LogP contribution < -0.4 is 4.74 Å². The average molecular weight is 244 g/mol. The van der Waals surface area contributed by atoms with Gasteiger partial charge in [-0.3, -0.25) is 0 Å². The van der Waals surface area contributed by atoms with Crippen LogP contribution in [0.3, 0.4) is 0 Å². The van der Waals surface area contributed by atoms with Crippen LogP contribution in [0.1, 0.15) is 15.9 Å². The Morgan fingerprint density at radius 1 is 1.44 bits per heavy atom. The van der Waals surface area contributed by atoms with Gasteiger partial charge in [0.1, 0.15) is 11.3 Å². The summed E-state index contributed by atoms with van der Waals surface area (Å²) < 4.78 is 27.0. The van der Waals surface area contributed by atoms with Crippen LogP contribution in [0, 0.1) is 0 Å². The molecule has 0 heterocycles. The van der Waals surface area contributed by atoms with E-state index in [2.05, 4.69) is 0 Å². The van der Waals surface area contributed by atoms with Crippen molar-refractivity contribution in [1.82, 2.24) is 0 Å². The minimum Gasteiger partial charge on any atom is -0.496 e. The first kappa shape index (κ1) is 12.5. The fourth-order valence-electron chi connectivity index (χ4n) is 1.30. The molecule has 88 valence electrons. The van der Waals surface area contributed by atoms with Crippen molar-refractivity contribution in [3.8, 4) is 5.75 Å². The van der Waals surface area contributed by atoms with Crippen molar-refractivity contribution in [1.29, 1.82) is 0 Å². The SMILES string of the molecule is COc1cc(CS(C)(=O)=O)ccc1C(=O)O. The Morgan fingerprint density at radius 2 is 2.06 bits per heavy atom. The second kappa shape index (κ2) is 4.52. The summed E-state index contributed by atoms with van der Waals surface area (Å²) >= 11 is 0. The number of rotatable bonds is 4. The summed E-state index contributed by atoms with van der Waals surface area (Å²) in [6.45, 7) is 0. The van der Waals surface area contributed by atoms with Crippen molar-refractivity contribution >= 4 is 15.8 Å². The summed E-state index contributed by atoms with van der Waals surface area (Å²) in [6.07, 6.45) is 1.12. The number of hydrogen-bond donors (Lipinski definition) is 1. The van der Waals surface area contributed by atoms with E-state index in [-0.39, 0.29) is 17.1 Å². The van der Waals surface area contributed by atoms with Gasteiger partial charge in [0, 0.05) is 6.26 Å². The molecule has 5 nitrogen and oxygen atoms in total. The van der Waals surface area contributed by atoms with E-state index in [1.54, 1.807) is 0 Å². The summed E-state index contributed by atoms with van der Waals surface area (Å²) in [4.78, 5) is 10.8. The summed E-state index contributed by atoms with van der Waals surface area (Å²) in [5.74, 6) is -1.08. The van der Waals surface area contributed by atoms with E-state index in [1.807, 2.05) is 0 Å². The first-order valence-electron chi connectivity index (χ1n) is 4.41. The highest BCUT2D eigenvalue weighted by molar-refractivity contribution is 7.89. The van der Waals surface area contributed by atoms with Gasteiger partial charge >= 0.3 is 5.97 Å². The molecule has 1 aromatic carbocycles. The standard InChI is InChI=1S/C10H12O5S/c1-15-9-5-7(6-16(2,13)14)3-4-8(9)10(11)12/h3-5H,6H2,1-2H3,(H,11,12). The van der Waals surface area contributed by atoms with Crippen LogP contribution in [0.5, 0.6) is 5.75 Å². The smallest absolute Gasteiger partial charge is 0.339 e. The topological polar surface area (TPSA) is 80.7 Å². The van der Waals surface area contributed by atoms with E-state index < -0.39 is 15.8 Å².